The molecule has 9 rings (SSSR count). The first-order chi connectivity index (χ1) is 69.0. The Hall–Kier alpha value is -8.95. The van der Waals surface area contributed by atoms with Crippen molar-refractivity contribution in [3.8, 4) is 18.6 Å². The number of guanidine groups is 4. The zero-order valence-corrected chi connectivity index (χ0v) is 94.0. The smallest absolute Gasteiger partial charge is 0.266 e. The van der Waals surface area contributed by atoms with Crippen LogP contribution in [0.4, 0.5) is 0 Å². The summed E-state index contributed by atoms with van der Waals surface area (Å²) < 4.78 is 51.0. The zero-order chi connectivity index (χ0) is 108. The molecule has 4 fully saturated rings. The number of likely N-dealkylation sites (N-methyl/N-ethyl adjacent to an activating group) is 5. The van der Waals surface area contributed by atoms with Crippen molar-refractivity contribution in [2.24, 2.45) is 63.0 Å². The van der Waals surface area contributed by atoms with Gasteiger partial charge in [-0.15, -0.1) is 11.3 Å². The summed E-state index contributed by atoms with van der Waals surface area (Å²) in [5.41, 5.74) is 23.7. The van der Waals surface area contributed by atoms with Gasteiger partial charge in [0.1, 0.15) is 5.10 Å². The van der Waals surface area contributed by atoms with E-state index < -0.39 is 14.9 Å². The molecule has 0 saturated carbocycles. The van der Waals surface area contributed by atoms with Crippen molar-refractivity contribution in [2.75, 3.05) is 299 Å². The Balaban J connectivity index is -0.000000352. The number of sulfone groups is 1. The van der Waals surface area contributed by atoms with Crippen molar-refractivity contribution in [3.05, 3.63) is 68.4 Å². The number of ether oxygens (including phenoxy) is 6. The Morgan fingerprint density at radius 2 is 1.03 bits per heavy atom. The van der Waals surface area contributed by atoms with Gasteiger partial charge in [0.15, 0.2) is 33.0 Å². The normalized spacial score (nSPS) is 15.1. The maximum Gasteiger partial charge on any atom is 0.266 e. The van der Waals surface area contributed by atoms with Crippen LogP contribution in [0.5, 0.6) is 0 Å². The van der Waals surface area contributed by atoms with Gasteiger partial charge < -0.3 is 113 Å². The highest BCUT2D eigenvalue weighted by atomic mass is 32.2. The van der Waals surface area contributed by atoms with Crippen LogP contribution in [0.25, 0.3) is 0 Å². The van der Waals surface area contributed by atoms with E-state index in [9.17, 15) is 18.5 Å². The number of aryl methyl sites for hydroxylation is 2. The van der Waals surface area contributed by atoms with Crippen molar-refractivity contribution in [1.82, 2.24) is 71.9 Å². The van der Waals surface area contributed by atoms with E-state index in [0.29, 0.717) is 69.8 Å². The van der Waals surface area contributed by atoms with E-state index in [2.05, 4.69) is 209 Å². The average Bonchev–Trinajstić information content (AvgIpc) is 1.82. The number of thiophene rings is 1. The minimum atomic E-state index is -2.68. The highest BCUT2D eigenvalue weighted by Crippen LogP contribution is 2.12. The molecule has 1 aromatic carbocycles. The molecule has 0 bridgehead atoms. The lowest BCUT2D eigenvalue weighted by Gasteiger charge is -2.26. The number of hydrogen-bond acceptors (Lipinski definition) is 34. The Kier molecular flexibility index (Phi) is 115. The number of nitrogens with zero attached hydrogens (tertiary/aromatic N) is 18. The number of methoxy groups -OCH3 is 5. The Morgan fingerprint density at radius 3 is 1.43 bits per heavy atom. The van der Waals surface area contributed by atoms with E-state index in [4.69, 9.17) is 67.8 Å². The molecule has 0 spiro atoms. The van der Waals surface area contributed by atoms with E-state index in [1.807, 2.05) is 53.2 Å². The molecular formula is C100H201N31O10S2. The van der Waals surface area contributed by atoms with Crippen LogP contribution in [-0.4, -0.2) is 394 Å². The Labute approximate surface area is 869 Å². The third kappa shape index (κ3) is 113. The number of hydrazone groups is 1. The number of nitro groups is 1. The topological polar surface area (TPSA) is 547 Å². The predicted molar refractivity (Wildman–Crippen MR) is 601 cm³/mol. The van der Waals surface area contributed by atoms with Crippen molar-refractivity contribution in [2.45, 2.75) is 217 Å². The van der Waals surface area contributed by atoms with Crippen LogP contribution in [0.3, 0.4) is 0 Å². The number of hydrogen-bond donors (Lipinski definition) is 13. The Bertz CT molecular complexity index is 3560. The highest BCUT2D eigenvalue weighted by Gasteiger charge is 2.21. The third-order valence-corrected chi connectivity index (χ3v) is 23.1. The van der Waals surface area contributed by atoms with Crippen LogP contribution in [-0.2, 0) is 38.3 Å². The van der Waals surface area contributed by atoms with Crippen LogP contribution < -0.4 is 65.5 Å². The van der Waals surface area contributed by atoms with Gasteiger partial charge in [0.2, 0.25) is 18.3 Å². The van der Waals surface area contributed by atoms with Gasteiger partial charge in [0.05, 0.1) is 88.2 Å². The average molecular weight is 2060 g/mol. The minimum absolute atomic E-state index is 0.125. The molecule has 7 aliphatic heterocycles. The fourth-order valence-electron chi connectivity index (χ4n) is 12.4. The number of aliphatic imine (C=N–C) groups is 7. The summed E-state index contributed by atoms with van der Waals surface area (Å²) in [4.78, 5) is 53.0. The summed E-state index contributed by atoms with van der Waals surface area (Å²) >= 11 is 1.78. The molecule has 43 heteroatoms. The van der Waals surface area contributed by atoms with Gasteiger partial charge in [-0.3, -0.25) is 40.6 Å². The summed E-state index contributed by atoms with van der Waals surface area (Å²) in [7, 11) is 15.4. The number of piperidine rings is 1. The molecule has 828 valence electrons. The molecule has 1 aromatic heterocycles. The predicted octanol–water partition coefficient (Wildman–Crippen LogP) is 9.99. The maximum absolute atomic E-state index is 11.0. The van der Waals surface area contributed by atoms with E-state index in [-0.39, 0.29) is 17.8 Å². The van der Waals surface area contributed by atoms with Crippen molar-refractivity contribution in [3.63, 3.8) is 0 Å². The van der Waals surface area contributed by atoms with Crippen LogP contribution in [0.2, 0.25) is 0 Å². The monoisotopic (exact) mass is 2060 g/mol. The zero-order valence-electron chi connectivity index (χ0n) is 92.4. The maximum atomic E-state index is 11.0. The lowest BCUT2D eigenvalue weighted by molar-refractivity contribution is -0.485. The molecule has 17 N–H and O–H groups in total. The van der Waals surface area contributed by atoms with Crippen molar-refractivity contribution >= 4 is 73.9 Å². The van der Waals surface area contributed by atoms with Gasteiger partial charge in [-0.25, -0.2) is 18.5 Å². The molecule has 2 aromatic rings. The first-order valence-corrected chi connectivity index (χ1v) is 54.1. The van der Waals surface area contributed by atoms with Crippen LogP contribution in [0.15, 0.2) is 87.9 Å². The molecule has 8 heterocycles. The number of morpholine rings is 1. The molecule has 4 saturated heterocycles. The molecule has 143 heavy (non-hydrogen) atoms. The van der Waals surface area contributed by atoms with Gasteiger partial charge in [0, 0.05) is 184 Å². The number of nitriles is 3. The first kappa shape index (κ1) is 145. The highest BCUT2D eigenvalue weighted by molar-refractivity contribution is 7.91. The van der Waals surface area contributed by atoms with Crippen LogP contribution >= 0.6 is 11.3 Å². The quantitative estimate of drug-likeness (QED) is 0.00558. The number of nitrogens with one attached hydrogen (secondary N) is 9. The fourth-order valence-corrected chi connectivity index (χ4v) is 14.2. The molecule has 0 amide bonds. The molecule has 0 aliphatic carbocycles. The number of nitrogens with two attached hydrogens (primary N) is 4. The number of unbranched alkanes of at least 4 members (excludes halogenated alkanes) is 6. The van der Waals surface area contributed by atoms with Gasteiger partial charge >= 0.3 is 0 Å². The minimum Gasteiger partial charge on any atom is -0.388 e. The molecule has 0 unspecified atom stereocenters. The van der Waals surface area contributed by atoms with Crippen LogP contribution in [0.1, 0.15) is 214 Å². The van der Waals surface area contributed by atoms with Gasteiger partial charge in [0.25, 0.3) is 5.96 Å². The number of amidine groups is 3. The molecule has 0 atom stereocenters. The van der Waals surface area contributed by atoms with Gasteiger partial charge in [-0.1, -0.05) is 122 Å². The second-order valence-electron chi connectivity index (χ2n) is 33.7. The summed E-state index contributed by atoms with van der Waals surface area (Å²) in [6.45, 7) is 52.2. The largest absolute Gasteiger partial charge is 0.388 e. The van der Waals surface area contributed by atoms with E-state index in [1.54, 1.807) is 65.3 Å². The number of benzene rings is 1. The number of likely N-dealkylation sites (tertiary alicyclic amines) is 2. The lowest BCUT2D eigenvalue weighted by Crippen LogP contribution is -2.40. The van der Waals surface area contributed by atoms with Crippen LogP contribution in [0, 0.1) is 63.7 Å². The third-order valence-electron chi connectivity index (χ3n) is 20.7. The summed E-state index contributed by atoms with van der Waals surface area (Å²) in [6.07, 6.45) is 33.1. The van der Waals surface area contributed by atoms with E-state index in [1.165, 1.54) is 178 Å². The standard InChI is InChI=1S/C9H19N.C8H17N3.C8H14N2.C8H17NO2S.C8H17NO.C8H17N.C7H16N4.C7H12N2O.C7H8.C6H14N4.C5H10N4O.2C5H12N2O.C5H6S.C4H10N4O3/c1-2-3-7-10-8-5-4-6-9-10;1-9-6-7-11(2)8-4-3-5-10-8;1-3-4-5-6-8(2)10-7-9;1-2-3-4-9-5-7-12(10,11)8-6-9;1-2-3-4-9-5-7-10-8-6-9;1-2-3-6-9-7-4-5-8-9;1-8-5-6-11(2)7-9-3-4-10-7;1-7(9-6-8)4-3-5-10-2;1-7-5-3-2-4-6-7;1-7-2-3-8-6-9-4-5-10-6;1-10-3-2-8-5(7)9-4-6;1-5(6)7-3-4-8-2;1-8-4-2-3-5(6)7;1-5-3-2-4-6-5;1-11-3-2-6-4(5)7-8(9)10/h2-9H2,1H3;9H,3-7H2,1-2H3;3-6H2,1-2H3;2-8H2,1H3;2-8H2,1H3;2-8H2,1H3;8H,3-6H2,1-2H3,(H,9,10);3-5H2,1-2H3;2-6H,1H3;7H,2-5H2,1H3,(H2,8,9,10);2-3H2,1H3,(H3,7,8,9);3-4H2,1-2H3,(H2,6,7);2-4H2,1H3,(H3,6,7);2-4H,1H3;2-3H2,1H3,(H3,5,6,7). The SMILES string of the molecule is CCCCCC(C)=NC#N.CCCCN1CCCC1.CCCCN1CCCCC1.CCCCN1CCOCC1.CCCCN1CCS(=O)(=O)CC1.CNCCN(C)C1=NCCC1.CNCCN(C)C1=NCCN1.CNCCNC1=NCCN1.COCCCC(=N)N.COCCCC(C)=NC#N.COCCN/C(N)=N/[N+](=O)[O-].COCCN=C(C)N.COCCN=C(N)NC#N.Cc1ccccc1.Cc1cccs1. The molecule has 0 radical (unpaired) electrons. The van der Waals surface area contributed by atoms with Gasteiger partial charge in [-0.05, 0) is 209 Å². The van der Waals surface area contributed by atoms with E-state index in [0.717, 1.165) is 180 Å². The summed E-state index contributed by atoms with van der Waals surface area (Å²) in [6, 6.07) is 14.4. The Morgan fingerprint density at radius 1 is 0.559 bits per heavy atom. The van der Waals surface area contributed by atoms with Gasteiger partial charge in [-0.2, -0.15) is 25.8 Å². The molecular weight excluding hydrogens is 1860 g/mol. The molecule has 41 nitrogen and oxygen atoms in total. The van der Waals surface area contributed by atoms with Crippen molar-refractivity contribution in [1.29, 1.82) is 21.2 Å². The van der Waals surface area contributed by atoms with Crippen molar-refractivity contribution < 1.29 is 41.9 Å². The summed E-state index contributed by atoms with van der Waals surface area (Å²) in [5.74, 6) is 4.72. The van der Waals surface area contributed by atoms with E-state index >= 15 is 0 Å². The first-order valence-electron chi connectivity index (χ1n) is 51.4. The fraction of sp³-hybridized carbons (Fsp3) is 0.780. The summed E-state index contributed by atoms with van der Waals surface area (Å²) in [5, 5.41) is 68.3. The molecule has 7 aliphatic rings. The second kappa shape index (κ2) is 113. The second-order valence-corrected chi connectivity index (χ2v) is 37.1. The lowest BCUT2D eigenvalue weighted by atomic mass is 10.1. The number of rotatable bonds is 43.